The van der Waals surface area contributed by atoms with Crippen LogP contribution in [0.4, 0.5) is 5.69 Å². The summed E-state index contributed by atoms with van der Waals surface area (Å²) in [5.74, 6) is -0.436. The maximum absolute atomic E-state index is 12.1. The maximum atomic E-state index is 12.1. The van der Waals surface area contributed by atoms with E-state index in [0.29, 0.717) is 6.61 Å². The lowest BCUT2D eigenvalue weighted by Gasteiger charge is -2.17. The molecule has 7 heteroatoms. The van der Waals surface area contributed by atoms with E-state index in [1.165, 1.54) is 18.2 Å². The van der Waals surface area contributed by atoms with Gasteiger partial charge in [0.15, 0.2) is 0 Å². The Kier molecular flexibility index (Phi) is 6.41. The van der Waals surface area contributed by atoms with Crippen LogP contribution < -0.4 is 5.32 Å². The van der Waals surface area contributed by atoms with Crippen molar-refractivity contribution in [2.45, 2.75) is 25.8 Å². The number of hydrogen-bond donors (Lipinski definition) is 1. The highest BCUT2D eigenvalue weighted by molar-refractivity contribution is 6.35. The number of ether oxygens (including phenoxy) is 1. The molecule has 110 valence electrons. The SMILES string of the molecule is CCCC(COC)NC(=O)c1cccc([N+](=O)[O-])c1Cl. The van der Waals surface area contributed by atoms with Crippen LogP contribution in [0.25, 0.3) is 0 Å². The van der Waals surface area contributed by atoms with E-state index in [1.807, 2.05) is 6.92 Å². The molecule has 0 aliphatic rings. The van der Waals surface area contributed by atoms with Crippen LogP contribution in [0, 0.1) is 10.1 Å². The normalized spacial score (nSPS) is 11.9. The van der Waals surface area contributed by atoms with Crippen molar-refractivity contribution in [2.75, 3.05) is 13.7 Å². The predicted molar refractivity (Wildman–Crippen MR) is 76.1 cm³/mol. The Labute approximate surface area is 122 Å². The van der Waals surface area contributed by atoms with Gasteiger partial charge in [0, 0.05) is 13.2 Å². The molecule has 1 atom stereocenters. The second kappa shape index (κ2) is 7.81. The molecular formula is C13H17ClN2O4. The topological polar surface area (TPSA) is 81.5 Å². The number of carbonyl (C=O) groups excluding carboxylic acids is 1. The fraction of sp³-hybridized carbons (Fsp3) is 0.462. The first-order valence-corrected chi connectivity index (χ1v) is 6.61. The summed E-state index contributed by atoms with van der Waals surface area (Å²) in [6, 6.07) is 4.01. The minimum absolute atomic E-state index is 0.0954. The first-order chi connectivity index (χ1) is 9.51. The van der Waals surface area contributed by atoms with Gasteiger partial charge in [0.1, 0.15) is 5.02 Å². The molecule has 20 heavy (non-hydrogen) atoms. The Balaban J connectivity index is 2.91. The van der Waals surface area contributed by atoms with Gasteiger partial charge in [0.05, 0.1) is 23.1 Å². The molecule has 1 aromatic carbocycles. The van der Waals surface area contributed by atoms with Crippen molar-refractivity contribution in [2.24, 2.45) is 0 Å². The lowest BCUT2D eigenvalue weighted by molar-refractivity contribution is -0.384. The summed E-state index contributed by atoms with van der Waals surface area (Å²) in [6.07, 6.45) is 1.64. The first kappa shape index (κ1) is 16.4. The lowest BCUT2D eigenvalue weighted by atomic mass is 10.1. The molecule has 1 unspecified atom stereocenters. The zero-order valence-corrected chi connectivity index (χ0v) is 12.1. The number of nitrogens with zero attached hydrogens (tertiary/aromatic N) is 1. The van der Waals surface area contributed by atoms with Crippen molar-refractivity contribution in [3.8, 4) is 0 Å². The number of nitro groups is 1. The number of hydrogen-bond acceptors (Lipinski definition) is 4. The smallest absolute Gasteiger partial charge is 0.288 e. The standard InChI is InChI=1S/C13H17ClN2O4/c1-3-5-9(8-20-2)15-13(17)10-6-4-7-11(12(10)14)16(18)19/h4,6-7,9H,3,5,8H2,1-2H3,(H,15,17). The van der Waals surface area contributed by atoms with Crippen molar-refractivity contribution < 1.29 is 14.5 Å². The molecule has 0 aliphatic carbocycles. The summed E-state index contributed by atoms with van der Waals surface area (Å²) in [7, 11) is 1.55. The number of methoxy groups -OCH3 is 1. The van der Waals surface area contributed by atoms with Crippen molar-refractivity contribution >= 4 is 23.2 Å². The first-order valence-electron chi connectivity index (χ1n) is 6.24. The van der Waals surface area contributed by atoms with Gasteiger partial charge in [-0.25, -0.2) is 0 Å². The molecule has 1 rings (SSSR count). The summed E-state index contributed by atoms with van der Waals surface area (Å²) >= 11 is 5.90. The van der Waals surface area contributed by atoms with Gasteiger partial charge in [0.25, 0.3) is 11.6 Å². The monoisotopic (exact) mass is 300 g/mol. The van der Waals surface area contributed by atoms with Crippen molar-refractivity contribution in [3.63, 3.8) is 0 Å². The molecule has 1 N–H and O–H groups in total. The molecule has 0 saturated heterocycles. The summed E-state index contributed by atoms with van der Waals surface area (Å²) in [5.41, 5.74) is -0.184. The molecule has 6 nitrogen and oxygen atoms in total. The third-order valence-corrected chi connectivity index (χ3v) is 3.16. The fourth-order valence-electron chi connectivity index (χ4n) is 1.85. The Morgan fingerprint density at radius 3 is 2.80 bits per heavy atom. The second-order valence-corrected chi connectivity index (χ2v) is 4.69. The minimum Gasteiger partial charge on any atom is -0.383 e. The van der Waals surface area contributed by atoms with E-state index >= 15 is 0 Å². The highest BCUT2D eigenvalue weighted by Crippen LogP contribution is 2.27. The minimum atomic E-state index is -0.613. The number of rotatable bonds is 7. The average molecular weight is 301 g/mol. The number of nitro benzene ring substituents is 1. The van der Waals surface area contributed by atoms with Crippen LogP contribution in [0.1, 0.15) is 30.1 Å². The number of carbonyl (C=O) groups is 1. The van der Waals surface area contributed by atoms with Crippen LogP contribution in [0.15, 0.2) is 18.2 Å². The Morgan fingerprint density at radius 2 is 2.25 bits per heavy atom. The summed E-state index contributed by atoms with van der Waals surface area (Å²) in [4.78, 5) is 22.3. The molecule has 0 aliphatic heterocycles. The fourth-order valence-corrected chi connectivity index (χ4v) is 2.13. The number of halogens is 1. The summed E-state index contributed by atoms with van der Waals surface area (Å²) in [6.45, 7) is 2.38. The van der Waals surface area contributed by atoms with Crippen LogP contribution in [0.3, 0.4) is 0 Å². The van der Waals surface area contributed by atoms with Gasteiger partial charge >= 0.3 is 0 Å². The molecule has 0 saturated carbocycles. The van der Waals surface area contributed by atoms with Crippen LogP contribution in [-0.4, -0.2) is 30.6 Å². The molecule has 0 spiro atoms. The van der Waals surface area contributed by atoms with Gasteiger partial charge in [-0.05, 0) is 12.5 Å². The number of benzene rings is 1. The molecule has 0 radical (unpaired) electrons. The zero-order valence-electron chi connectivity index (χ0n) is 11.4. The molecule has 1 amide bonds. The molecule has 0 fully saturated rings. The molecule has 0 bridgehead atoms. The van der Waals surface area contributed by atoms with Gasteiger partial charge in [-0.15, -0.1) is 0 Å². The zero-order chi connectivity index (χ0) is 15.1. The van der Waals surface area contributed by atoms with Gasteiger partial charge in [-0.3, -0.25) is 14.9 Å². The molecule has 0 aromatic heterocycles. The molecular weight excluding hydrogens is 284 g/mol. The summed E-state index contributed by atoms with van der Waals surface area (Å²) < 4.78 is 5.03. The van der Waals surface area contributed by atoms with E-state index in [0.717, 1.165) is 12.8 Å². The van der Waals surface area contributed by atoms with Gasteiger partial charge in [-0.1, -0.05) is 31.0 Å². The van der Waals surface area contributed by atoms with E-state index in [2.05, 4.69) is 5.32 Å². The highest BCUT2D eigenvalue weighted by atomic mass is 35.5. The maximum Gasteiger partial charge on any atom is 0.288 e. The predicted octanol–water partition coefficient (Wildman–Crippen LogP) is 2.79. The highest BCUT2D eigenvalue weighted by Gasteiger charge is 2.21. The summed E-state index contributed by atoms with van der Waals surface area (Å²) in [5, 5.41) is 13.4. The Bertz CT molecular complexity index is 487. The van der Waals surface area contributed by atoms with Crippen molar-refractivity contribution in [1.82, 2.24) is 5.32 Å². The number of amides is 1. The van der Waals surface area contributed by atoms with E-state index < -0.39 is 10.8 Å². The Morgan fingerprint density at radius 1 is 1.55 bits per heavy atom. The third kappa shape index (κ3) is 4.18. The van der Waals surface area contributed by atoms with E-state index in [1.54, 1.807) is 7.11 Å². The Hall–Kier alpha value is -1.66. The van der Waals surface area contributed by atoms with E-state index in [-0.39, 0.29) is 22.3 Å². The largest absolute Gasteiger partial charge is 0.383 e. The van der Waals surface area contributed by atoms with E-state index in [4.69, 9.17) is 16.3 Å². The number of nitrogens with one attached hydrogen (secondary N) is 1. The third-order valence-electron chi connectivity index (χ3n) is 2.76. The molecule has 0 heterocycles. The second-order valence-electron chi connectivity index (χ2n) is 4.31. The van der Waals surface area contributed by atoms with Crippen LogP contribution in [0.5, 0.6) is 0 Å². The van der Waals surface area contributed by atoms with E-state index in [9.17, 15) is 14.9 Å². The van der Waals surface area contributed by atoms with Gasteiger partial charge in [-0.2, -0.15) is 0 Å². The quantitative estimate of drug-likeness (QED) is 0.620. The molecule has 1 aromatic rings. The van der Waals surface area contributed by atoms with Gasteiger partial charge < -0.3 is 10.1 Å². The lowest BCUT2D eigenvalue weighted by Crippen LogP contribution is -2.38. The van der Waals surface area contributed by atoms with Crippen LogP contribution in [-0.2, 0) is 4.74 Å². The average Bonchev–Trinajstić information content (AvgIpc) is 2.39. The van der Waals surface area contributed by atoms with Crippen LogP contribution >= 0.6 is 11.6 Å². The van der Waals surface area contributed by atoms with Crippen molar-refractivity contribution in [3.05, 3.63) is 38.9 Å². The van der Waals surface area contributed by atoms with Crippen LogP contribution in [0.2, 0.25) is 5.02 Å². The van der Waals surface area contributed by atoms with Crippen molar-refractivity contribution in [1.29, 1.82) is 0 Å². The van der Waals surface area contributed by atoms with Gasteiger partial charge in [0.2, 0.25) is 0 Å².